The van der Waals surface area contributed by atoms with Crippen LogP contribution in [0, 0.1) is 5.92 Å². The Morgan fingerprint density at radius 3 is 2.08 bits per heavy atom. The van der Waals surface area contributed by atoms with Crippen molar-refractivity contribution >= 4 is 29.2 Å². The second-order valence-corrected chi connectivity index (χ2v) is 10.0. The van der Waals surface area contributed by atoms with Crippen LogP contribution < -0.4 is 10.2 Å². The number of piperazine rings is 1. The number of anilines is 2. The summed E-state index contributed by atoms with van der Waals surface area (Å²) in [5, 5.41) is 2.98. The van der Waals surface area contributed by atoms with Gasteiger partial charge >= 0.3 is 6.03 Å². The molecule has 0 bridgehead atoms. The van der Waals surface area contributed by atoms with Gasteiger partial charge in [0.15, 0.2) is 0 Å². The van der Waals surface area contributed by atoms with Gasteiger partial charge in [-0.05, 0) is 43.2 Å². The fraction of sp³-hybridized carbons (Fsp3) is 0.519. The molecular weight excluding hydrogens is 472 g/mol. The van der Waals surface area contributed by atoms with Crippen molar-refractivity contribution in [2.75, 3.05) is 75.8 Å². The molecule has 0 aliphatic carbocycles. The number of nitrogens with one attached hydrogen (secondary N) is 1. The van der Waals surface area contributed by atoms with Gasteiger partial charge in [-0.1, -0.05) is 0 Å². The third-order valence-electron chi connectivity index (χ3n) is 7.58. The molecule has 3 aliphatic rings. The number of nitrogens with zero attached hydrogens (tertiary/aromatic N) is 5. The number of piperidine rings is 1. The molecule has 2 aromatic rings. The zero-order valence-corrected chi connectivity index (χ0v) is 21.5. The standard InChI is InChI=1S/C27H36N6O4/c1-29-9-6-22(20-29)26(35)31-12-14-33(15-13-31)27(36)28-23-2-4-24(5-3-23)30-10-7-21(8-11-30)25(34)32-16-18-37-19-17-32/h2-6,9,20-21H,7-8,10-19H2,1H3,(H,28,36). The van der Waals surface area contributed by atoms with Gasteiger partial charge in [0, 0.05) is 89.1 Å². The summed E-state index contributed by atoms with van der Waals surface area (Å²) in [6, 6.07) is 9.56. The van der Waals surface area contributed by atoms with Crippen molar-refractivity contribution in [3.8, 4) is 0 Å². The molecular formula is C27H36N6O4. The van der Waals surface area contributed by atoms with Crippen LogP contribution in [0.3, 0.4) is 0 Å². The number of urea groups is 1. The number of aryl methyl sites for hydroxylation is 1. The lowest BCUT2D eigenvalue weighted by molar-refractivity contribution is -0.140. The van der Waals surface area contributed by atoms with Crippen LogP contribution in [0.4, 0.5) is 16.2 Å². The predicted octanol–water partition coefficient (Wildman–Crippen LogP) is 2.09. The summed E-state index contributed by atoms with van der Waals surface area (Å²) in [5.41, 5.74) is 2.52. The van der Waals surface area contributed by atoms with E-state index in [-0.39, 0.29) is 23.8 Å². The molecule has 198 valence electrons. The molecule has 3 saturated heterocycles. The van der Waals surface area contributed by atoms with E-state index < -0.39 is 0 Å². The summed E-state index contributed by atoms with van der Waals surface area (Å²) in [7, 11) is 1.89. The molecule has 3 fully saturated rings. The Labute approximate surface area is 217 Å². The molecule has 0 atom stereocenters. The fourth-order valence-electron chi connectivity index (χ4n) is 5.31. The molecule has 10 nitrogen and oxygen atoms in total. The smallest absolute Gasteiger partial charge is 0.321 e. The quantitative estimate of drug-likeness (QED) is 0.683. The maximum Gasteiger partial charge on any atom is 0.321 e. The van der Waals surface area contributed by atoms with E-state index in [2.05, 4.69) is 10.2 Å². The first-order valence-corrected chi connectivity index (χ1v) is 13.2. The summed E-state index contributed by atoms with van der Waals surface area (Å²) in [6.45, 7) is 6.41. The van der Waals surface area contributed by atoms with Crippen molar-refractivity contribution < 1.29 is 19.1 Å². The Balaban J connectivity index is 1.07. The molecule has 1 N–H and O–H groups in total. The van der Waals surface area contributed by atoms with Gasteiger partial charge < -0.3 is 34.2 Å². The molecule has 3 aliphatic heterocycles. The van der Waals surface area contributed by atoms with Gasteiger partial charge in [0.2, 0.25) is 5.91 Å². The van der Waals surface area contributed by atoms with E-state index in [1.54, 1.807) is 9.80 Å². The number of benzene rings is 1. The number of morpholine rings is 1. The van der Waals surface area contributed by atoms with Gasteiger partial charge in [-0.2, -0.15) is 0 Å². The minimum absolute atomic E-state index is 0.00532. The van der Waals surface area contributed by atoms with E-state index >= 15 is 0 Å². The summed E-state index contributed by atoms with van der Waals surface area (Å²) in [4.78, 5) is 46.0. The lowest BCUT2D eigenvalue weighted by atomic mass is 9.94. The topological polar surface area (TPSA) is 90.4 Å². The Morgan fingerprint density at radius 1 is 0.811 bits per heavy atom. The van der Waals surface area contributed by atoms with Crippen LogP contribution in [-0.2, 0) is 16.6 Å². The Bertz CT molecular complexity index is 1090. The van der Waals surface area contributed by atoms with Crippen LogP contribution in [0.1, 0.15) is 23.2 Å². The Kier molecular flexibility index (Phi) is 7.64. The van der Waals surface area contributed by atoms with E-state index in [1.165, 1.54) is 0 Å². The second kappa shape index (κ2) is 11.2. The average Bonchev–Trinajstić information content (AvgIpc) is 3.39. The monoisotopic (exact) mass is 508 g/mol. The van der Waals surface area contributed by atoms with Crippen molar-refractivity contribution in [3.05, 3.63) is 48.3 Å². The largest absolute Gasteiger partial charge is 0.378 e. The van der Waals surface area contributed by atoms with E-state index in [0.717, 1.165) is 37.3 Å². The van der Waals surface area contributed by atoms with Crippen LogP contribution in [-0.4, -0.2) is 103 Å². The van der Waals surface area contributed by atoms with Crippen molar-refractivity contribution in [2.24, 2.45) is 13.0 Å². The van der Waals surface area contributed by atoms with Crippen LogP contribution in [0.2, 0.25) is 0 Å². The van der Waals surface area contributed by atoms with E-state index in [0.29, 0.717) is 58.0 Å². The van der Waals surface area contributed by atoms with Gasteiger partial charge in [0.05, 0.1) is 18.8 Å². The van der Waals surface area contributed by atoms with Crippen LogP contribution in [0.25, 0.3) is 0 Å². The third-order valence-corrected chi connectivity index (χ3v) is 7.58. The highest BCUT2D eigenvalue weighted by atomic mass is 16.5. The average molecular weight is 509 g/mol. The molecule has 0 spiro atoms. The van der Waals surface area contributed by atoms with Crippen molar-refractivity contribution in [1.82, 2.24) is 19.3 Å². The van der Waals surface area contributed by atoms with Crippen LogP contribution in [0.5, 0.6) is 0 Å². The normalized spacial score (nSPS) is 19.2. The zero-order chi connectivity index (χ0) is 25.8. The molecule has 10 heteroatoms. The third kappa shape index (κ3) is 5.90. The van der Waals surface area contributed by atoms with Crippen molar-refractivity contribution in [1.29, 1.82) is 0 Å². The molecule has 4 heterocycles. The number of aromatic nitrogens is 1. The van der Waals surface area contributed by atoms with Gasteiger partial charge in [0.1, 0.15) is 0 Å². The van der Waals surface area contributed by atoms with Crippen molar-refractivity contribution in [3.63, 3.8) is 0 Å². The van der Waals surface area contributed by atoms with Crippen LogP contribution in [0.15, 0.2) is 42.7 Å². The number of hydrogen-bond donors (Lipinski definition) is 1. The zero-order valence-electron chi connectivity index (χ0n) is 21.5. The summed E-state index contributed by atoms with van der Waals surface area (Å²) < 4.78 is 7.22. The summed E-state index contributed by atoms with van der Waals surface area (Å²) >= 11 is 0. The number of hydrogen-bond acceptors (Lipinski definition) is 5. The molecule has 1 aromatic carbocycles. The maximum absolute atomic E-state index is 12.8. The first-order chi connectivity index (χ1) is 18.0. The molecule has 1 aromatic heterocycles. The highest BCUT2D eigenvalue weighted by Crippen LogP contribution is 2.26. The molecule has 4 amide bonds. The maximum atomic E-state index is 12.8. The van der Waals surface area contributed by atoms with Gasteiger partial charge in [-0.3, -0.25) is 9.59 Å². The molecule has 37 heavy (non-hydrogen) atoms. The minimum Gasteiger partial charge on any atom is -0.378 e. The fourth-order valence-corrected chi connectivity index (χ4v) is 5.31. The van der Waals surface area contributed by atoms with Crippen LogP contribution >= 0.6 is 0 Å². The predicted molar refractivity (Wildman–Crippen MR) is 141 cm³/mol. The lowest BCUT2D eigenvalue weighted by Crippen LogP contribution is -2.51. The molecule has 0 radical (unpaired) electrons. The first-order valence-electron chi connectivity index (χ1n) is 13.2. The highest BCUT2D eigenvalue weighted by molar-refractivity contribution is 5.94. The SMILES string of the molecule is Cn1ccc(C(=O)N2CCN(C(=O)Nc3ccc(N4CCC(C(=O)N5CCOCC5)CC4)cc3)CC2)c1. The van der Waals surface area contributed by atoms with Gasteiger partial charge in [-0.15, -0.1) is 0 Å². The first kappa shape index (κ1) is 25.1. The molecule has 0 saturated carbocycles. The second-order valence-electron chi connectivity index (χ2n) is 10.0. The van der Waals surface area contributed by atoms with Crippen molar-refractivity contribution in [2.45, 2.75) is 12.8 Å². The van der Waals surface area contributed by atoms with E-state index in [4.69, 9.17) is 4.74 Å². The lowest BCUT2D eigenvalue weighted by Gasteiger charge is -2.36. The number of ether oxygens (including phenoxy) is 1. The van der Waals surface area contributed by atoms with Gasteiger partial charge in [0.25, 0.3) is 5.91 Å². The number of amides is 4. The Morgan fingerprint density at radius 2 is 1.46 bits per heavy atom. The minimum atomic E-state index is -0.151. The van der Waals surface area contributed by atoms with E-state index in [1.807, 2.05) is 59.2 Å². The summed E-state index contributed by atoms with van der Waals surface area (Å²) in [5.74, 6) is 0.369. The molecule has 0 unspecified atom stereocenters. The highest BCUT2D eigenvalue weighted by Gasteiger charge is 2.30. The number of carbonyl (C=O) groups excluding carboxylic acids is 3. The summed E-state index contributed by atoms with van der Waals surface area (Å²) in [6.07, 6.45) is 5.39. The Hall–Kier alpha value is -3.53. The molecule has 5 rings (SSSR count). The number of rotatable bonds is 4. The number of carbonyl (C=O) groups is 3. The van der Waals surface area contributed by atoms with Gasteiger partial charge in [-0.25, -0.2) is 4.79 Å². The van der Waals surface area contributed by atoms with E-state index in [9.17, 15) is 14.4 Å².